The summed E-state index contributed by atoms with van der Waals surface area (Å²) in [7, 11) is 5.16. The van der Waals surface area contributed by atoms with E-state index in [9.17, 15) is 9.59 Å². The molecule has 0 saturated heterocycles. The lowest BCUT2D eigenvalue weighted by Crippen LogP contribution is -2.39. The second-order valence-electron chi connectivity index (χ2n) is 6.31. The molecule has 116 valence electrons. The zero-order valence-corrected chi connectivity index (χ0v) is 13.5. The van der Waals surface area contributed by atoms with Crippen LogP contribution in [0.4, 0.5) is 0 Å². The van der Waals surface area contributed by atoms with Crippen LogP contribution in [-0.2, 0) is 0 Å². The van der Waals surface area contributed by atoms with Crippen LogP contribution in [0.1, 0.15) is 34.6 Å². The number of carbonyl (C=O) groups excluding carboxylic acids is 2. The standard InChI is InChI=1S/C16H25N3O2/c1-16(2,10-17)11-19(5)15(21)13-8-6-12(7-9-13)14(20)18(3)4/h6-9H,10-11,17H2,1-5H3. The molecule has 1 aromatic rings. The number of hydrogen-bond acceptors (Lipinski definition) is 3. The largest absolute Gasteiger partial charge is 0.345 e. The van der Waals surface area contributed by atoms with Crippen LogP contribution in [0, 0.1) is 5.41 Å². The maximum absolute atomic E-state index is 12.3. The minimum atomic E-state index is -0.120. The van der Waals surface area contributed by atoms with Gasteiger partial charge in [-0.25, -0.2) is 0 Å². The van der Waals surface area contributed by atoms with Crippen molar-refractivity contribution in [3.05, 3.63) is 35.4 Å². The summed E-state index contributed by atoms with van der Waals surface area (Å²) in [6.45, 7) is 5.15. The molecule has 0 unspecified atom stereocenters. The summed E-state index contributed by atoms with van der Waals surface area (Å²) in [6.07, 6.45) is 0. The Morgan fingerprint density at radius 2 is 1.43 bits per heavy atom. The third-order valence-corrected chi connectivity index (χ3v) is 3.35. The van der Waals surface area contributed by atoms with Crippen molar-refractivity contribution in [2.24, 2.45) is 11.1 Å². The van der Waals surface area contributed by atoms with E-state index < -0.39 is 0 Å². The van der Waals surface area contributed by atoms with Gasteiger partial charge in [0.05, 0.1) is 0 Å². The van der Waals surface area contributed by atoms with E-state index in [0.29, 0.717) is 24.2 Å². The molecule has 5 heteroatoms. The first kappa shape index (κ1) is 17.2. The Morgan fingerprint density at radius 3 is 1.81 bits per heavy atom. The molecule has 2 amide bonds. The number of hydrogen-bond donors (Lipinski definition) is 1. The molecule has 0 aromatic heterocycles. The van der Waals surface area contributed by atoms with Crippen LogP contribution in [0.2, 0.25) is 0 Å². The highest BCUT2D eigenvalue weighted by atomic mass is 16.2. The van der Waals surface area contributed by atoms with E-state index in [0.717, 1.165) is 0 Å². The molecule has 2 N–H and O–H groups in total. The second-order valence-corrected chi connectivity index (χ2v) is 6.31. The van der Waals surface area contributed by atoms with Gasteiger partial charge in [-0.3, -0.25) is 9.59 Å². The van der Waals surface area contributed by atoms with Crippen molar-refractivity contribution in [2.45, 2.75) is 13.8 Å². The zero-order chi connectivity index (χ0) is 16.2. The molecule has 0 aliphatic carbocycles. The van der Waals surface area contributed by atoms with Crippen molar-refractivity contribution in [2.75, 3.05) is 34.2 Å². The third kappa shape index (κ3) is 4.56. The number of carbonyl (C=O) groups is 2. The van der Waals surface area contributed by atoms with E-state index >= 15 is 0 Å². The van der Waals surface area contributed by atoms with E-state index in [-0.39, 0.29) is 17.2 Å². The van der Waals surface area contributed by atoms with Crippen LogP contribution in [0.5, 0.6) is 0 Å². The van der Waals surface area contributed by atoms with E-state index in [1.807, 2.05) is 13.8 Å². The third-order valence-electron chi connectivity index (χ3n) is 3.35. The van der Waals surface area contributed by atoms with Crippen molar-refractivity contribution >= 4 is 11.8 Å². The van der Waals surface area contributed by atoms with Gasteiger partial charge in [0.15, 0.2) is 0 Å². The molecule has 0 aliphatic heterocycles. The lowest BCUT2D eigenvalue weighted by molar-refractivity contribution is 0.0739. The molecule has 0 aliphatic rings. The molecule has 1 aromatic carbocycles. The van der Waals surface area contributed by atoms with Crippen molar-refractivity contribution < 1.29 is 9.59 Å². The smallest absolute Gasteiger partial charge is 0.253 e. The average Bonchev–Trinajstić information content (AvgIpc) is 2.45. The van der Waals surface area contributed by atoms with Crippen LogP contribution < -0.4 is 5.73 Å². The SMILES string of the molecule is CN(C)C(=O)c1ccc(C(=O)N(C)CC(C)(C)CN)cc1. The van der Waals surface area contributed by atoms with Gasteiger partial charge in [-0.2, -0.15) is 0 Å². The fraction of sp³-hybridized carbons (Fsp3) is 0.500. The summed E-state index contributed by atoms with van der Waals surface area (Å²) in [5.41, 5.74) is 6.72. The monoisotopic (exact) mass is 291 g/mol. The van der Waals surface area contributed by atoms with Crippen molar-refractivity contribution in [3.63, 3.8) is 0 Å². The summed E-state index contributed by atoms with van der Waals surface area (Å²) in [4.78, 5) is 27.3. The molecule has 0 atom stereocenters. The molecule has 0 bridgehead atoms. The lowest BCUT2D eigenvalue weighted by atomic mass is 9.93. The van der Waals surface area contributed by atoms with Gasteiger partial charge in [-0.15, -0.1) is 0 Å². The summed E-state index contributed by atoms with van der Waals surface area (Å²) in [5.74, 6) is -0.146. The van der Waals surface area contributed by atoms with Gasteiger partial charge in [-0.05, 0) is 36.2 Å². The van der Waals surface area contributed by atoms with E-state index in [4.69, 9.17) is 5.73 Å². The predicted molar refractivity (Wildman–Crippen MR) is 84.3 cm³/mol. The summed E-state index contributed by atoms with van der Waals surface area (Å²) < 4.78 is 0. The first-order valence-corrected chi connectivity index (χ1v) is 6.95. The first-order valence-electron chi connectivity index (χ1n) is 6.95. The van der Waals surface area contributed by atoms with E-state index in [2.05, 4.69) is 0 Å². The lowest BCUT2D eigenvalue weighted by Gasteiger charge is -2.29. The summed E-state index contributed by atoms with van der Waals surface area (Å²) in [5, 5.41) is 0. The predicted octanol–water partition coefficient (Wildman–Crippen LogP) is 1.45. The second kappa shape index (κ2) is 6.72. The summed E-state index contributed by atoms with van der Waals surface area (Å²) >= 11 is 0. The number of nitrogens with two attached hydrogens (primary N) is 1. The van der Waals surface area contributed by atoms with Crippen molar-refractivity contribution in [1.82, 2.24) is 9.80 Å². The van der Waals surface area contributed by atoms with Gasteiger partial charge >= 0.3 is 0 Å². The normalized spacial score (nSPS) is 11.1. The zero-order valence-electron chi connectivity index (χ0n) is 13.5. The molecular formula is C16H25N3O2. The minimum Gasteiger partial charge on any atom is -0.345 e. The molecule has 21 heavy (non-hydrogen) atoms. The number of amides is 2. The van der Waals surface area contributed by atoms with Gasteiger partial charge in [0.2, 0.25) is 0 Å². The molecule has 0 radical (unpaired) electrons. The van der Waals surface area contributed by atoms with Gasteiger partial charge in [-0.1, -0.05) is 13.8 Å². The highest BCUT2D eigenvalue weighted by molar-refractivity contribution is 5.97. The fourth-order valence-corrected chi connectivity index (χ4v) is 2.01. The molecule has 5 nitrogen and oxygen atoms in total. The number of benzene rings is 1. The molecule has 0 spiro atoms. The Hall–Kier alpha value is -1.88. The topological polar surface area (TPSA) is 66.6 Å². The molecule has 0 heterocycles. The Kier molecular flexibility index (Phi) is 5.49. The highest BCUT2D eigenvalue weighted by Crippen LogP contribution is 2.16. The Morgan fingerprint density at radius 1 is 1.00 bits per heavy atom. The quantitative estimate of drug-likeness (QED) is 0.893. The van der Waals surface area contributed by atoms with Crippen LogP contribution in [0.25, 0.3) is 0 Å². The molecular weight excluding hydrogens is 266 g/mol. The van der Waals surface area contributed by atoms with Crippen molar-refractivity contribution in [3.8, 4) is 0 Å². The van der Waals surface area contributed by atoms with E-state index in [1.165, 1.54) is 4.90 Å². The van der Waals surface area contributed by atoms with Crippen LogP contribution in [0.15, 0.2) is 24.3 Å². The maximum atomic E-state index is 12.3. The van der Waals surface area contributed by atoms with Gasteiger partial charge in [0, 0.05) is 38.8 Å². The Bertz CT molecular complexity index is 507. The van der Waals surface area contributed by atoms with Crippen molar-refractivity contribution in [1.29, 1.82) is 0 Å². The number of rotatable bonds is 5. The first-order chi connectivity index (χ1) is 9.68. The number of nitrogens with zero attached hydrogens (tertiary/aromatic N) is 2. The van der Waals surface area contributed by atoms with Crippen LogP contribution >= 0.6 is 0 Å². The highest BCUT2D eigenvalue weighted by Gasteiger charge is 2.22. The van der Waals surface area contributed by atoms with Gasteiger partial charge in [0.25, 0.3) is 11.8 Å². The van der Waals surface area contributed by atoms with Crippen LogP contribution in [-0.4, -0.2) is 55.8 Å². The fourth-order valence-electron chi connectivity index (χ4n) is 2.01. The average molecular weight is 291 g/mol. The Balaban J connectivity index is 2.82. The Labute approximate surface area is 126 Å². The van der Waals surface area contributed by atoms with Gasteiger partial charge < -0.3 is 15.5 Å². The van der Waals surface area contributed by atoms with Gasteiger partial charge in [0.1, 0.15) is 0 Å². The molecule has 0 saturated carbocycles. The molecule has 1 rings (SSSR count). The van der Waals surface area contributed by atoms with Crippen LogP contribution in [0.3, 0.4) is 0 Å². The molecule has 0 fully saturated rings. The maximum Gasteiger partial charge on any atom is 0.253 e. The minimum absolute atomic E-state index is 0.0691. The van der Waals surface area contributed by atoms with E-state index in [1.54, 1.807) is 50.3 Å². The summed E-state index contributed by atoms with van der Waals surface area (Å²) in [6, 6.07) is 6.73.